The molecule has 0 aliphatic carbocycles. The zero-order valence-corrected chi connectivity index (χ0v) is 19.5. The van der Waals surface area contributed by atoms with E-state index in [1.807, 2.05) is 26.8 Å². The molecule has 0 saturated heterocycles. The molecule has 3 N–H and O–H groups in total. The van der Waals surface area contributed by atoms with Crippen molar-refractivity contribution in [2.45, 2.75) is 60.0 Å². The van der Waals surface area contributed by atoms with Gasteiger partial charge in [-0.1, -0.05) is 37.1 Å². The van der Waals surface area contributed by atoms with E-state index in [4.69, 9.17) is 9.47 Å². The highest BCUT2D eigenvalue weighted by Crippen LogP contribution is 2.26. The molecule has 172 valence electrons. The van der Waals surface area contributed by atoms with Crippen molar-refractivity contribution in [3.8, 4) is 11.5 Å². The Morgan fingerprint density at radius 3 is 2.48 bits per heavy atom. The summed E-state index contributed by atoms with van der Waals surface area (Å²) in [6, 6.07) is 4.12. The van der Waals surface area contributed by atoms with Crippen molar-refractivity contribution in [1.82, 2.24) is 10.6 Å². The molecule has 0 heterocycles. The van der Waals surface area contributed by atoms with Gasteiger partial charge >= 0.3 is 6.09 Å². The van der Waals surface area contributed by atoms with Crippen LogP contribution in [0.4, 0.5) is 4.79 Å². The van der Waals surface area contributed by atoms with Gasteiger partial charge in [-0.2, -0.15) is 0 Å². The minimum absolute atomic E-state index is 0.0308. The molecule has 0 unspecified atom stereocenters. The molecule has 1 atom stereocenters. The number of carbonyl (C=O) groups excluding carboxylic acids is 2. The van der Waals surface area contributed by atoms with Gasteiger partial charge in [0.15, 0.2) is 11.5 Å². The molecule has 0 bridgehead atoms. The number of nitrogens with one attached hydrogen (secondary N) is 2. The van der Waals surface area contributed by atoms with Crippen molar-refractivity contribution in [2.75, 3.05) is 13.7 Å². The molecule has 1 rings (SSSR count). The quantitative estimate of drug-likeness (QED) is 0.449. The fraction of sp³-hybridized carbons (Fsp3) is 0.500. The predicted molar refractivity (Wildman–Crippen MR) is 122 cm³/mol. The van der Waals surface area contributed by atoms with Crippen LogP contribution in [0.3, 0.4) is 0 Å². The number of benzene rings is 1. The maximum atomic E-state index is 12.6. The second kappa shape index (κ2) is 13.4. The number of phenols is 1. The van der Waals surface area contributed by atoms with Crippen molar-refractivity contribution in [1.29, 1.82) is 0 Å². The van der Waals surface area contributed by atoms with E-state index in [9.17, 15) is 14.7 Å². The lowest BCUT2D eigenvalue weighted by Crippen LogP contribution is -2.49. The highest BCUT2D eigenvalue weighted by Gasteiger charge is 2.24. The van der Waals surface area contributed by atoms with Crippen LogP contribution < -0.4 is 15.4 Å². The number of hydrogen-bond donors (Lipinski definition) is 3. The van der Waals surface area contributed by atoms with Gasteiger partial charge < -0.3 is 25.2 Å². The number of ether oxygens (including phenoxy) is 2. The second-order valence-corrected chi connectivity index (χ2v) is 8.06. The Morgan fingerprint density at radius 1 is 1.16 bits per heavy atom. The van der Waals surface area contributed by atoms with Crippen LogP contribution in [0.25, 0.3) is 0 Å². The molecular weight excluding hydrogens is 396 g/mol. The number of aromatic hydroxyl groups is 1. The van der Waals surface area contributed by atoms with Crippen molar-refractivity contribution in [3.63, 3.8) is 0 Å². The third kappa shape index (κ3) is 10.1. The van der Waals surface area contributed by atoms with Crippen molar-refractivity contribution >= 4 is 12.0 Å². The fourth-order valence-electron chi connectivity index (χ4n) is 2.78. The first-order chi connectivity index (χ1) is 14.6. The molecule has 0 saturated carbocycles. The summed E-state index contributed by atoms with van der Waals surface area (Å²) in [6.07, 6.45) is 5.29. The molecule has 7 heteroatoms. The normalized spacial score (nSPS) is 12.2. The summed E-state index contributed by atoms with van der Waals surface area (Å²) in [5, 5.41) is 15.1. The first-order valence-corrected chi connectivity index (χ1v) is 10.5. The SMILES string of the molecule is COc1cc(CNC(=O)[C@@H](NC(=O)OC/C=C(\C)CCC=C(C)C)C(C)C)ccc1O. The standard InChI is InChI=1S/C24H36N2O5/c1-16(2)8-7-9-18(5)12-13-31-24(29)26-22(17(3)4)23(28)25-15-19-10-11-20(27)21(14-19)30-6/h8,10-12,14,17,22,27H,7,9,13,15H2,1-6H3,(H,25,28)(H,26,29)/b18-12+/t22-/m0/s1. The number of carbonyl (C=O) groups is 2. The summed E-state index contributed by atoms with van der Waals surface area (Å²) in [7, 11) is 1.46. The largest absolute Gasteiger partial charge is 0.504 e. The van der Waals surface area contributed by atoms with Gasteiger partial charge in [-0.3, -0.25) is 4.79 Å². The molecule has 31 heavy (non-hydrogen) atoms. The Labute approximate surface area is 185 Å². The van der Waals surface area contributed by atoms with Crippen molar-refractivity contribution in [3.05, 3.63) is 47.1 Å². The summed E-state index contributed by atoms with van der Waals surface area (Å²) < 4.78 is 10.3. The van der Waals surface area contributed by atoms with Crippen LogP contribution in [-0.4, -0.2) is 36.9 Å². The number of methoxy groups -OCH3 is 1. The smallest absolute Gasteiger partial charge is 0.408 e. The van der Waals surface area contributed by atoms with E-state index < -0.39 is 12.1 Å². The highest BCUT2D eigenvalue weighted by atomic mass is 16.5. The first-order valence-electron chi connectivity index (χ1n) is 10.5. The number of phenolic OH excluding ortho intramolecular Hbond substituents is 1. The highest BCUT2D eigenvalue weighted by molar-refractivity contribution is 5.85. The molecule has 1 aromatic carbocycles. The third-order valence-electron chi connectivity index (χ3n) is 4.67. The van der Waals surface area contributed by atoms with E-state index >= 15 is 0 Å². The maximum Gasteiger partial charge on any atom is 0.408 e. The number of rotatable bonds is 11. The fourth-order valence-corrected chi connectivity index (χ4v) is 2.78. The van der Waals surface area contributed by atoms with Crippen LogP contribution in [0.5, 0.6) is 11.5 Å². The van der Waals surface area contributed by atoms with Crippen LogP contribution in [0.1, 0.15) is 53.0 Å². The Hall–Kier alpha value is -2.96. The molecule has 0 aromatic heterocycles. The molecule has 0 fully saturated rings. The van der Waals surface area contributed by atoms with Gasteiger partial charge in [0.2, 0.25) is 5.91 Å². The zero-order valence-electron chi connectivity index (χ0n) is 19.5. The third-order valence-corrected chi connectivity index (χ3v) is 4.67. The van der Waals surface area contributed by atoms with Crippen LogP contribution >= 0.6 is 0 Å². The van der Waals surface area contributed by atoms with E-state index in [0.29, 0.717) is 5.75 Å². The molecule has 1 aromatic rings. The average Bonchev–Trinajstić information content (AvgIpc) is 2.70. The molecule has 0 aliphatic rings. The average molecular weight is 433 g/mol. The Balaban J connectivity index is 2.54. The Morgan fingerprint density at radius 2 is 1.87 bits per heavy atom. The van der Waals surface area contributed by atoms with E-state index in [1.165, 1.54) is 18.7 Å². The van der Waals surface area contributed by atoms with Crippen LogP contribution in [0, 0.1) is 5.92 Å². The molecule has 2 amide bonds. The lowest BCUT2D eigenvalue weighted by atomic mass is 10.0. The van der Waals surface area contributed by atoms with Crippen LogP contribution in [-0.2, 0) is 16.1 Å². The molecular formula is C24H36N2O5. The van der Waals surface area contributed by atoms with E-state index in [0.717, 1.165) is 24.0 Å². The summed E-state index contributed by atoms with van der Waals surface area (Å²) in [6.45, 7) is 10.2. The van der Waals surface area contributed by atoms with E-state index in [-0.39, 0.29) is 30.7 Å². The molecule has 0 aliphatic heterocycles. The van der Waals surface area contributed by atoms with Gasteiger partial charge in [-0.15, -0.1) is 0 Å². The first kappa shape index (κ1) is 26.1. The van der Waals surface area contributed by atoms with Gasteiger partial charge in [-0.05, 0) is 63.3 Å². The Kier molecular flexibility index (Phi) is 11.2. The zero-order chi connectivity index (χ0) is 23.4. The van der Waals surface area contributed by atoms with Crippen molar-refractivity contribution < 1.29 is 24.2 Å². The molecule has 0 radical (unpaired) electrons. The van der Waals surface area contributed by atoms with Gasteiger partial charge in [-0.25, -0.2) is 4.79 Å². The monoisotopic (exact) mass is 432 g/mol. The number of hydrogen-bond acceptors (Lipinski definition) is 5. The van der Waals surface area contributed by atoms with Gasteiger partial charge in [0.05, 0.1) is 7.11 Å². The summed E-state index contributed by atoms with van der Waals surface area (Å²) in [5.41, 5.74) is 3.19. The van der Waals surface area contributed by atoms with Crippen LogP contribution in [0.2, 0.25) is 0 Å². The minimum atomic E-state index is -0.728. The molecule has 0 spiro atoms. The minimum Gasteiger partial charge on any atom is -0.504 e. The lowest BCUT2D eigenvalue weighted by Gasteiger charge is -2.21. The van der Waals surface area contributed by atoms with Crippen molar-refractivity contribution in [2.24, 2.45) is 5.92 Å². The summed E-state index contributed by atoms with van der Waals surface area (Å²) in [4.78, 5) is 24.7. The van der Waals surface area contributed by atoms with E-state index in [2.05, 4.69) is 30.6 Å². The predicted octanol–water partition coefficient (Wildman–Crippen LogP) is 4.46. The Bertz CT molecular complexity index is 795. The number of alkyl carbamates (subject to hydrolysis) is 1. The van der Waals surface area contributed by atoms with Gasteiger partial charge in [0.1, 0.15) is 12.6 Å². The maximum absolute atomic E-state index is 12.6. The van der Waals surface area contributed by atoms with Gasteiger partial charge in [0, 0.05) is 6.54 Å². The summed E-state index contributed by atoms with van der Waals surface area (Å²) >= 11 is 0. The number of amides is 2. The van der Waals surface area contributed by atoms with Crippen LogP contribution in [0.15, 0.2) is 41.5 Å². The molecule has 7 nitrogen and oxygen atoms in total. The number of allylic oxidation sites excluding steroid dienone is 3. The van der Waals surface area contributed by atoms with Gasteiger partial charge in [0.25, 0.3) is 0 Å². The topological polar surface area (TPSA) is 96.9 Å². The second-order valence-electron chi connectivity index (χ2n) is 8.06. The lowest BCUT2D eigenvalue weighted by molar-refractivity contribution is -0.124. The van der Waals surface area contributed by atoms with E-state index in [1.54, 1.807) is 12.1 Å². The summed E-state index contributed by atoms with van der Waals surface area (Å²) in [5.74, 6) is -0.0722.